The molecule has 3 rings (SSSR count). The zero-order valence-electron chi connectivity index (χ0n) is 16.6. The summed E-state index contributed by atoms with van der Waals surface area (Å²) in [6.07, 6.45) is 2.20. The number of rotatable bonds is 5. The number of para-hydroxylation sites is 1. The van der Waals surface area contributed by atoms with Crippen LogP contribution in [0.3, 0.4) is 0 Å². The molecule has 1 saturated heterocycles. The third-order valence-corrected chi connectivity index (χ3v) is 5.05. The maximum absolute atomic E-state index is 12.9. The second-order valence-electron chi connectivity index (χ2n) is 7.43. The molecule has 27 heavy (non-hydrogen) atoms. The van der Waals surface area contributed by atoms with Gasteiger partial charge in [-0.25, -0.2) is 9.67 Å². The third-order valence-electron chi connectivity index (χ3n) is 5.05. The van der Waals surface area contributed by atoms with E-state index in [-0.39, 0.29) is 18.3 Å². The van der Waals surface area contributed by atoms with E-state index in [1.165, 1.54) is 5.56 Å². The predicted octanol–water partition coefficient (Wildman–Crippen LogP) is 3.19. The minimum Gasteiger partial charge on any atom is -0.336 e. The lowest BCUT2D eigenvalue weighted by atomic mass is 9.98. The quantitative estimate of drug-likeness (QED) is 0.850. The van der Waals surface area contributed by atoms with Crippen LogP contribution in [0.25, 0.3) is 5.69 Å². The van der Waals surface area contributed by atoms with Gasteiger partial charge in [-0.05, 0) is 56.8 Å². The first-order valence-electron chi connectivity index (χ1n) is 9.48. The van der Waals surface area contributed by atoms with E-state index < -0.39 is 0 Å². The maximum atomic E-state index is 12.9. The van der Waals surface area contributed by atoms with Crippen molar-refractivity contribution in [1.82, 2.24) is 25.0 Å². The standard InChI is InChI=1S/C20H29N5O.ClH/c1-14(2)17-9-5-6-10-18(17)25-15(3)22-19(23-25)20(26)24-11-7-8-16(13-24)12-21-4;/h5-6,9-10,14,16,21H,7-8,11-13H2,1-4H3;1H. The predicted molar refractivity (Wildman–Crippen MR) is 110 cm³/mol. The molecule has 0 spiro atoms. The number of nitrogens with zero attached hydrogens (tertiary/aromatic N) is 4. The molecule has 0 saturated carbocycles. The molecule has 0 radical (unpaired) electrons. The average molecular weight is 392 g/mol. The fourth-order valence-corrected chi connectivity index (χ4v) is 3.72. The van der Waals surface area contributed by atoms with Crippen molar-refractivity contribution < 1.29 is 4.79 Å². The summed E-state index contributed by atoms with van der Waals surface area (Å²) in [7, 11) is 1.96. The lowest BCUT2D eigenvalue weighted by molar-refractivity contribution is 0.0662. The second-order valence-corrected chi connectivity index (χ2v) is 7.43. The van der Waals surface area contributed by atoms with Crippen LogP contribution in [0.5, 0.6) is 0 Å². The number of nitrogens with one attached hydrogen (secondary N) is 1. The summed E-state index contributed by atoms with van der Waals surface area (Å²) in [4.78, 5) is 19.3. The van der Waals surface area contributed by atoms with Gasteiger partial charge in [0.15, 0.2) is 0 Å². The van der Waals surface area contributed by atoms with Gasteiger partial charge in [-0.15, -0.1) is 17.5 Å². The number of hydrogen-bond acceptors (Lipinski definition) is 4. The lowest BCUT2D eigenvalue weighted by Crippen LogP contribution is -2.42. The molecular formula is C20H30ClN5O. The van der Waals surface area contributed by atoms with Gasteiger partial charge in [0.25, 0.3) is 5.91 Å². The first-order chi connectivity index (χ1) is 12.5. The van der Waals surface area contributed by atoms with Crippen LogP contribution in [0, 0.1) is 12.8 Å². The van der Waals surface area contributed by atoms with E-state index in [1.54, 1.807) is 4.68 Å². The van der Waals surface area contributed by atoms with E-state index >= 15 is 0 Å². The first-order valence-corrected chi connectivity index (χ1v) is 9.48. The highest BCUT2D eigenvalue weighted by Crippen LogP contribution is 2.24. The number of hydrogen-bond donors (Lipinski definition) is 1. The van der Waals surface area contributed by atoms with E-state index in [1.807, 2.05) is 37.1 Å². The molecule has 2 heterocycles. The van der Waals surface area contributed by atoms with Gasteiger partial charge < -0.3 is 10.2 Å². The number of amides is 1. The normalized spacial score (nSPS) is 17.1. The molecule has 0 bridgehead atoms. The summed E-state index contributed by atoms with van der Waals surface area (Å²) in [5.74, 6) is 1.85. The average Bonchev–Trinajstić information content (AvgIpc) is 3.03. The Morgan fingerprint density at radius 2 is 2.07 bits per heavy atom. The van der Waals surface area contributed by atoms with Crippen molar-refractivity contribution in [2.75, 3.05) is 26.7 Å². The van der Waals surface area contributed by atoms with Crippen molar-refractivity contribution in [2.24, 2.45) is 5.92 Å². The Morgan fingerprint density at radius 1 is 1.33 bits per heavy atom. The Morgan fingerprint density at radius 3 is 2.78 bits per heavy atom. The van der Waals surface area contributed by atoms with Crippen LogP contribution in [-0.4, -0.2) is 52.3 Å². The summed E-state index contributed by atoms with van der Waals surface area (Å²) in [5.41, 5.74) is 2.20. The zero-order valence-corrected chi connectivity index (χ0v) is 17.4. The molecule has 7 heteroatoms. The molecule has 148 valence electrons. The zero-order chi connectivity index (χ0) is 18.7. The van der Waals surface area contributed by atoms with E-state index in [0.717, 1.165) is 44.0 Å². The highest BCUT2D eigenvalue weighted by Gasteiger charge is 2.27. The number of aromatic nitrogens is 3. The topological polar surface area (TPSA) is 63.1 Å². The van der Waals surface area contributed by atoms with E-state index in [4.69, 9.17) is 0 Å². The fourth-order valence-electron chi connectivity index (χ4n) is 3.72. The van der Waals surface area contributed by atoms with Gasteiger partial charge in [0.2, 0.25) is 5.82 Å². The van der Waals surface area contributed by atoms with Crippen molar-refractivity contribution in [3.05, 3.63) is 41.5 Å². The summed E-state index contributed by atoms with van der Waals surface area (Å²) in [6.45, 7) is 8.72. The molecule has 1 aliphatic heterocycles. The van der Waals surface area contributed by atoms with Crippen LogP contribution in [0.1, 0.15) is 54.6 Å². The molecule has 1 N–H and O–H groups in total. The highest BCUT2D eigenvalue weighted by molar-refractivity contribution is 5.90. The van der Waals surface area contributed by atoms with Crippen molar-refractivity contribution in [3.63, 3.8) is 0 Å². The van der Waals surface area contributed by atoms with Gasteiger partial charge >= 0.3 is 0 Å². The van der Waals surface area contributed by atoms with Gasteiger partial charge in [-0.1, -0.05) is 32.0 Å². The van der Waals surface area contributed by atoms with Crippen LogP contribution in [0.2, 0.25) is 0 Å². The molecular weight excluding hydrogens is 362 g/mol. The first kappa shape index (κ1) is 21.4. The lowest BCUT2D eigenvalue weighted by Gasteiger charge is -2.31. The summed E-state index contributed by atoms with van der Waals surface area (Å²) in [5, 5.41) is 7.78. The van der Waals surface area contributed by atoms with Crippen molar-refractivity contribution in [2.45, 2.75) is 39.5 Å². The Kier molecular flexibility index (Phi) is 7.39. The molecule has 1 unspecified atom stereocenters. The van der Waals surface area contributed by atoms with Gasteiger partial charge in [0.05, 0.1) is 5.69 Å². The van der Waals surface area contributed by atoms with Gasteiger partial charge in [-0.3, -0.25) is 4.79 Å². The van der Waals surface area contributed by atoms with Crippen LogP contribution >= 0.6 is 12.4 Å². The molecule has 1 aromatic heterocycles. The van der Waals surface area contributed by atoms with Crippen molar-refractivity contribution in [3.8, 4) is 5.69 Å². The smallest absolute Gasteiger partial charge is 0.293 e. The van der Waals surface area contributed by atoms with Gasteiger partial charge in [0, 0.05) is 13.1 Å². The maximum Gasteiger partial charge on any atom is 0.293 e. The number of carbonyl (C=O) groups excluding carboxylic acids is 1. The summed E-state index contributed by atoms with van der Waals surface area (Å²) in [6, 6.07) is 8.17. The van der Waals surface area contributed by atoms with E-state index in [2.05, 4.69) is 35.3 Å². The number of piperidine rings is 1. The number of likely N-dealkylation sites (tertiary alicyclic amines) is 1. The fraction of sp³-hybridized carbons (Fsp3) is 0.550. The molecule has 1 aliphatic rings. The number of benzene rings is 1. The largest absolute Gasteiger partial charge is 0.336 e. The monoisotopic (exact) mass is 391 g/mol. The molecule has 1 aromatic carbocycles. The van der Waals surface area contributed by atoms with Crippen LogP contribution in [0.15, 0.2) is 24.3 Å². The minimum absolute atomic E-state index is 0. The second kappa shape index (κ2) is 9.33. The molecule has 1 atom stereocenters. The van der Waals surface area contributed by atoms with Gasteiger partial charge in [-0.2, -0.15) is 0 Å². The van der Waals surface area contributed by atoms with E-state index in [0.29, 0.717) is 17.7 Å². The Hall–Kier alpha value is -1.92. The van der Waals surface area contributed by atoms with Gasteiger partial charge in [0.1, 0.15) is 5.82 Å². The minimum atomic E-state index is -0.0605. The Labute approximate surface area is 167 Å². The highest BCUT2D eigenvalue weighted by atomic mass is 35.5. The molecule has 6 nitrogen and oxygen atoms in total. The summed E-state index contributed by atoms with van der Waals surface area (Å²) >= 11 is 0. The van der Waals surface area contributed by atoms with E-state index in [9.17, 15) is 4.79 Å². The molecule has 1 amide bonds. The molecule has 2 aromatic rings. The van der Waals surface area contributed by atoms with Crippen molar-refractivity contribution >= 4 is 18.3 Å². The SMILES string of the molecule is CNCC1CCCN(C(=O)c2nc(C)n(-c3ccccc3C(C)C)n2)C1.Cl. The Balaban J connectivity index is 0.00000261. The summed E-state index contributed by atoms with van der Waals surface area (Å²) < 4.78 is 1.80. The number of aryl methyl sites for hydroxylation is 1. The van der Waals surface area contributed by atoms with Crippen LogP contribution in [-0.2, 0) is 0 Å². The number of halogens is 1. The third kappa shape index (κ3) is 4.68. The molecule has 1 fully saturated rings. The molecule has 0 aliphatic carbocycles. The number of carbonyl (C=O) groups is 1. The van der Waals surface area contributed by atoms with Crippen LogP contribution in [0.4, 0.5) is 0 Å². The van der Waals surface area contributed by atoms with Crippen molar-refractivity contribution in [1.29, 1.82) is 0 Å². The van der Waals surface area contributed by atoms with Crippen LogP contribution < -0.4 is 5.32 Å². The Bertz CT molecular complexity index is 771.